The van der Waals surface area contributed by atoms with Crippen LogP contribution >= 0.6 is 0 Å². The highest BCUT2D eigenvalue weighted by atomic mass is 16.2. The van der Waals surface area contributed by atoms with Gasteiger partial charge in [-0.05, 0) is 50.7 Å². The van der Waals surface area contributed by atoms with Crippen molar-refractivity contribution in [2.45, 2.75) is 19.4 Å². The van der Waals surface area contributed by atoms with E-state index in [2.05, 4.69) is 27.7 Å². The minimum Gasteiger partial charge on any atom is -0.336 e. The van der Waals surface area contributed by atoms with Crippen molar-refractivity contribution >= 4 is 11.7 Å². The maximum absolute atomic E-state index is 12.1. The number of urea groups is 1. The van der Waals surface area contributed by atoms with Crippen molar-refractivity contribution in [1.82, 2.24) is 10.2 Å². The van der Waals surface area contributed by atoms with Gasteiger partial charge < -0.3 is 15.5 Å². The Labute approximate surface area is 138 Å². The number of nitrogens with one attached hydrogen (secondary N) is 2. The average Bonchev–Trinajstić information content (AvgIpc) is 2.52. The zero-order valence-electron chi connectivity index (χ0n) is 14.0. The van der Waals surface area contributed by atoms with Crippen LogP contribution in [0, 0.1) is 6.92 Å². The monoisotopic (exact) mass is 311 g/mol. The van der Waals surface area contributed by atoms with E-state index in [0.29, 0.717) is 6.54 Å². The minimum atomic E-state index is -0.171. The lowest BCUT2D eigenvalue weighted by atomic mass is 10.1. The van der Waals surface area contributed by atoms with E-state index in [1.807, 2.05) is 63.5 Å². The molecule has 1 unspecified atom stereocenters. The zero-order valence-corrected chi connectivity index (χ0v) is 14.0. The van der Waals surface area contributed by atoms with E-state index < -0.39 is 0 Å². The van der Waals surface area contributed by atoms with Crippen molar-refractivity contribution in [3.05, 3.63) is 65.7 Å². The van der Waals surface area contributed by atoms with Crippen molar-refractivity contribution < 1.29 is 4.79 Å². The van der Waals surface area contributed by atoms with Crippen LogP contribution in [0.3, 0.4) is 0 Å². The van der Waals surface area contributed by atoms with E-state index >= 15 is 0 Å². The third kappa shape index (κ3) is 5.75. The molecule has 0 aliphatic carbocycles. The molecule has 0 fully saturated rings. The molecular formula is C19H25N3O. The largest absolute Gasteiger partial charge is 0.336 e. The van der Waals surface area contributed by atoms with E-state index in [1.165, 1.54) is 5.56 Å². The van der Waals surface area contributed by atoms with Crippen molar-refractivity contribution in [2.75, 3.05) is 26.0 Å². The van der Waals surface area contributed by atoms with Crippen molar-refractivity contribution in [2.24, 2.45) is 0 Å². The molecule has 0 aliphatic rings. The summed E-state index contributed by atoms with van der Waals surface area (Å²) in [7, 11) is 4.07. The zero-order chi connectivity index (χ0) is 16.7. The van der Waals surface area contributed by atoms with E-state index in [1.54, 1.807) is 0 Å². The fourth-order valence-electron chi connectivity index (χ4n) is 2.43. The van der Waals surface area contributed by atoms with Gasteiger partial charge in [0.05, 0.1) is 0 Å². The fourth-order valence-corrected chi connectivity index (χ4v) is 2.43. The van der Waals surface area contributed by atoms with Gasteiger partial charge in [0.2, 0.25) is 0 Å². The summed E-state index contributed by atoms with van der Waals surface area (Å²) in [5.74, 6) is 0. The summed E-state index contributed by atoms with van der Waals surface area (Å²) in [4.78, 5) is 14.2. The Kier molecular flexibility index (Phi) is 6.18. The molecule has 122 valence electrons. The molecule has 2 N–H and O–H groups in total. The highest BCUT2D eigenvalue weighted by Gasteiger charge is 2.13. The molecule has 0 saturated heterocycles. The second kappa shape index (κ2) is 8.34. The SMILES string of the molecule is Cc1cccc(NC(=O)NCC(Cc2ccccc2)N(C)C)c1. The summed E-state index contributed by atoms with van der Waals surface area (Å²) >= 11 is 0. The number of anilines is 1. The topological polar surface area (TPSA) is 44.4 Å². The number of aryl methyl sites for hydroxylation is 1. The Morgan fingerprint density at radius 3 is 2.48 bits per heavy atom. The van der Waals surface area contributed by atoms with Crippen molar-refractivity contribution in [3.8, 4) is 0 Å². The summed E-state index contributed by atoms with van der Waals surface area (Å²) < 4.78 is 0. The number of rotatable bonds is 6. The highest BCUT2D eigenvalue weighted by Crippen LogP contribution is 2.09. The molecule has 0 aliphatic heterocycles. The molecule has 2 aromatic carbocycles. The van der Waals surface area contributed by atoms with Gasteiger partial charge in [-0.2, -0.15) is 0 Å². The van der Waals surface area contributed by atoms with Gasteiger partial charge in [0.1, 0.15) is 0 Å². The first-order chi connectivity index (χ1) is 11.0. The molecule has 4 nitrogen and oxygen atoms in total. The average molecular weight is 311 g/mol. The summed E-state index contributed by atoms with van der Waals surface area (Å²) in [6.07, 6.45) is 0.901. The minimum absolute atomic E-state index is 0.171. The summed E-state index contributed by atoms with van der Waals surface area (Å²) in [6.45, 7) is 2.60. The van der Waals surface area contributed by atoms with Gasteiger partial charge >= 0.3 is 6.03 Å². The molecule has 0 saturated carbocycles. The number of hydrogen-bond acceptors (Lipinski definition) is 2. The molecule has 0 spiro atoms. The van der Waals surface area contributed by atoms with E-state index in [4.69, 9.17) is 0 Å². The summed E-state index contributed by atoms with van der Waals surface area (Å²) in [5.41, 5.74) is 3.21. The first kappa shape index (κ1) is 17.0. The number of nitrogens with zero attached hydrogens (tertiary/aromatic N) is 1. The molecule has 0 aromatic heterocycles. The number of benzene rings is 2. The Morgan fingerprint density at radius 1 is 1.09 bits per heavy atom. The van der Waals surface area contributed by atoms with Gasteiger partial charge in [0, 0.05) is 18.3 Å². The molecule has 2 rings (SSSR count). The molecular weight excluding hydrogens is 286 g/mol. The first-order valence-corrected chi connectivity index (χ1v) is 7.86. The Bertz CT molecular complexity index is 626. The molecule has 0 bridgehead atoms. The number of likely N-dealkylation sites (N-methyl/N-ethyl adjacent to an activating group) is 1. The lowest BCUT2D eigenvalue weighted by molar-refractivity contribution is 0.242. The summed E-state index contributed by atoms with van der Waals surface area (Å²) in [6, 6.07) is 18.2. The van der Waals surface area contributed by atoms with Gasteiger partial charge in [-0.3, -0.25) is 0 Å². The van der Waals surface area contributed by atoms with Crippen LogP contribution in [0.5, 0.6) is 0 Å². The van der Waals surface area contributed by atoms with Crippen LogP contribution in [-0.4, -0.2) is 37.6 Å². The standard InChI is InChI=1S/C19H25N3O/c1-15-8-7-11-17(12-15)21-19(23)20-14-18(22(2)3)13-16-9-5-4-6-10-16/h4-12,18H,13-14H2,1-3H3,(H2,20,21,23). The van der Waals surface area contributed by atoms with Crippen LogP contribution in [0.25, 0.3) is 0 Å². The third-order valence-corrected chi connectivity index (χ3v) is 3.82. The van der Waals surface area contributed by atoms with E-state index in [9.17, 15) is 4.79 Å². The maximum Gasteiger partial charge on any atom is 0.319 e. The van der Waals surface area contributed by atoms with Crippen LogP contribution in [-0.2, 0) is 6.42 Å². The van der Waals surface area contributed by atoms with Gasteiger partial charge in [0.15, 0.2) is 0 Å². The quantitative estimate of drug-likeness (QED) is 0.860. The second-order valence-electron chi connectivity index (χ2n) is 6.01. The second-order valence-corrected chi connectivity index (χ2v) is 6.01. The number of carbonyl (C=O) groups is 1. The smallest absolute Gasteiger partial charge is 0.319 e. The lowest BCUT2D eigenvalue weighted by Crippen LogP contribution is -2.43. The van der Waals surface area contributed by atoms with Crippen molar-refractivity contribution in [3.63, 3.8) is 0 Å². The summed E-state index contributed by atoms with van der Waals surface area (Å²) in [5, 5.41) is 5.83. The molecule has 1 atom stereocenters. The van der Waals surface area contributed by atoms with Crippen molar-refractivity contribution in [1.29, 1.82) is 0 Å². The van der Waals surface area contributed by atoms with Gasteiger partial charge in [-0.15, -0.1) is 0 Å². The molecule has 0 radical (unpaired) electrons. The molecule has 23 heavy (non-hydrogen) atoms. The number of carbonyl (C=O) groups excluding carboxylic acids is 1. The first-order valence-electron chi connectivity index (χ1n) is 7.86. The molecule has 2 aromatic rings. The van der Waals surface area contributed by atoms with Crippen LogP contribution in [0.15, 0.2) is 54.6 Å². The molecule has 2 amide bonds. The fraction of sp³-hybridized carbons (Fsp3) is 0.316. The van der Waals surface area contributed by atoms with Crippen LogP contribution < -0.4 is 10.6 Å². The molecule has 4 heteroatoms. The van der Waals surface area contributed by atoms with Crippen LogP contribution in [0.1, 0.15) is 11.1 Å². The highest BCUT2D eigenvalue weighted by molar-refractivity contribution is 5.89. The van der Waals surface area contributed by atoms with Gasteiger partial charge in [-0.25, -0.2) is 4.79 Å². The predicted octanol–water partition coefficient (Wildman–Crippen LogP) is 3.29. The van der Waals surface area contributed by atoms with E-state index in [0.717, 1.165) is 17.7 Å². The van der Waals surface area contributed by atoms with Gasteiger partial charge in [0.25, 0.3) is 0 Å². The Hall–Kier alpha value is -2.33. The number of amides is 2. The van der Waals surface area contributed by atoms with E-state index in [-0.39, 0.29) is 12.1 Å². The van der Waals surface area contributed by atoms with Crippen LogP contribution in [0.4, 0.5) is 10.5 Å². The lowest BCUT2D eigenvalue weighted by Gasteiger charge is -2.25. The van der Waals surface area contributed by atoms with Gasteiger partial charge in [-0.1, -0.05) is 42.5 Å². The van der Waals surface area contributed by atoms with Crippen LogP contribution in [0.2, 0.25) is 0 Å². The Morgan fingerprint density at radius 2 is 1.83 bits per heavy atom. The third-order valence-electron chi connectivity index (χ3n) is 3.82. The predicted molar refractivity (Wildman–Crippen MR) is 95.8 cm³/mol. The number of hydrogen-bond donors (Lipinski definition) is 2. The maximum atomic E-state index is 12.1. The Balaban J connectivity index is 1.87. The molecule has 0 heterocycles. The normalized spacial score (nSPS) is 12.0.